The Labute approximate surface area is 766 Å². The minimum atomic E-state index is -0.385. The van der Waals surface area contributed by atoms with E-state index in [4.69, 9.17) is 6.85 Å². The third-order valence-electron chi connectivity index (χ3n) is 25.4. The van der Waals surface area contributed by atoms with Gasteiger partial charge in [0.2, 0.25) is 0 Å². The zero-order valence-corrected chi connectivity index (χ0v) is 78.6. The van der Waals surface area contributed by atoms with Crippen LogP contribution < -0.4 is 0 Å². The number of para-hydroxylation sites is 8. The summed E-state index contributed by atoms with van der Waals surface area (Å²) in [5.74, 6) is 0. The van der Waals surface area contributed by atoms with Gasteiger partial charge in [-0.15, -0.1) is 0 Å². The zero-order chi connectivity index (χ0) is 94.5. The summed E-state index contributed by atoms with van der Waals surface area (Å²) >= 11 is 0. The van der Waals surface area contributed by atoms with Gasteiger partial charge in [0.15, 0.2) is 0 Å². The van der Waals surface area contributed by atoms with Crippen molar-refractivity contribution in [2.24, 2.45) is 0 Å². The van der Waals surface area contributed by atoms with Gasteiger partial charge in [0.1, 0.15) is 0 Å². The Morgan fingerprint density at radius 1 is 0.188 bits per heavy atom. The monoisotopic (exact) mass is 1670 g/mol. The van der Waals surface area contributed by atoms with Crippen molar-refractivity contribution in [3.63, 3.8) is 0 Å². The van der Waals surface area contributed by atoms with Gasteiger partial charge in [-0.3, -0.25) is 0 Å². The fourth-order valence-corrected chi connectivity index (χ4v) is 19.4. The Balaban J connectivity index is 0.000000124. The first-order valence-corrected chi connectivity index (χ1v) is 45.5. The number of rotatable bonds is 8. The van der Waals surface area contributed by atoms with E-state index in [1.807, 2.05) is 42.5 Å². The lowest BCUT2D eigenvalue weighted by molar-refractivity contribution is 0.528. The largest absolute Gasteiger partial charge is 0.309 e. The van der Waals surface area contributed by atoms with E-state index in [1.165, 1.54) is 149 Å². The molecule has 0 spiro atoms. The average Bonchev–Trinajstić information content (AvgIpc) is 1.59. The maximum absolute atomic E-state index is 8.62. The number of aromatic nitrogens is 4. The smallest absolute Gasteiger partial charge is 0.0629 e. The third-order valence-corrected chi connectivity index (χ3v) is 25.4. The molecule has 0 amide bonds. The van der Waals surface area contributed by atoms with Crippen LogP contribution >= 0.6 is 0 Å². The van der Waals surface area contributed by atoms with Crippen molar-refractivity contribution in [3.05, 3.63) is 409 Å². The second-order valence-electron chi connectivity index (χ2n) is 41.7. The van der Waals surface area contributed by atoms with E-state index in [-0.39, 0.29) is 73.7 Å². The first-order valence-electron chi connectivity index (χ1n) is 48.0. The van der Waals surface area contributed by atoms with E-state index in [0.29, 0.717) is 5.56 Å². The van der Waals surface area contributed by atoms with Crippen LogP contribution in [0.4, 0.5) is 0 Å². The third kappa shape index (κ3) is 16.5. The molecule has 4 aromatic heterocycles. The van der Waals surface area contributed by atoms with Crippen LogP contribution in [0.2, 0.25) is 0 Å². The summed E-state index contributed by atoms with van der Waals surface area (Å²) in [6.45, 7) is 48.3. The fraction of sp³-hybridized carbons (Fsp3) is 0.226. The van der Waals surface area contributed by atoms with Gasteiger partial charge in [0.05, 0.1) is 62.4 Å². The molecule has 0 N–H and O–H groups in total. The Kier molecular flexibility index (Phi) is 21.3. The summed E-state index contributed by atoms with van der Waals surface area (Å²) in [6, 6.07) is 121. The lowest BCUT2D eigenvalue weighted by Gasteiger charge is -2.33. The van der Waals surface area contributed by atoms with Gasteiger partial charge in [-0.05, 0) is 159 Å². The molecule has 20 aromatic rings. The lowest BCUT2D eigenvalue weighted by atomic mass is 9.74. The molecule has 0 fully saturated rings. The molecule has 0 unspecified atom stereocenters. The Bertz CT molecular complexity index is 7720. The second-order valence-corrected chi connectivity index (χ2v) is 41.7. The first-order chi connectivity index (χ1) is 63.1. The van der Waals surface area contributed by atoms with Crippen LogP contribution in [-0.4, -0.2) is 18.3 Å². The van der Waals surface area contributed by atoms with E-state index in [9.17, 15) is 0 Å². The number of fused-ring (bicyclic) bond motifs is 12. The van der Waals surface area contributed by atoms with Crippen LogP contribution in [0, 0.1) is 0 Å². The predicted octanol–water partition coefficient (Wildman–Crippen LogP) is 34.9. The predicted molar refractivity (Wildman–Crippen MR) is 556 cm³/mol. The summed E-state index contributed by atoms with van der Waals surface area (Å²) in [4.78, 5) is 0. The number of hydrogen-bond donors (Lipinski definition) is 0. The van der Waals surface area contributed by atoms with Crippen molar-refractivity contribution in [3.8, 4) is 67.3 Å². The van der Waals surface area contributed by atoms with Crippen LogP contribution in [-0.2, 0) is 37.9 Å². The standard InChI is InChI=1S/C34H29N.C34H45N.2C28H25N/c1-34(2,3)32-26(24-14-6-4-7-15-24)19-13-23-31(32)35-30-22-11-10-18-28(30)29-21-12-20-27(33(29)35)25-16-8-5-9-17-25;1-31(2,3)22-16-18-24-25-19-17-23(32(4,5)6)21-29(25)35(28(24)20-22)27-15-13-14-26(33(7,8)9)30(27)34(10,11)12;2*1-28(2,3)24-17-8-10-19-26(24)29-25-18-9-7-14-22(25)23-16-11-15-21(27(23)29)20-12-5-4-6-13-20/h4-23H,1-3H3;13-21H,1-12H3;2*4-19H,1-3H3/i;;4D,5D,6D,12D,13D;. The summed E-state index contributed by atoms with van der Waals surface area (Å²) in [5.41, 5.74) is 32.3. The van der Waals surface area contributed by atoms with Gasteiger partial charge in [-0.1, -0.05) is 461 Å². The minimum absolute atomic E-state index is 0.00536. The highest BCUT2D eigenvalue weighted by atomic mass is 15.0. The molecule has 0 saturated heterocycles. The first kappa shape index (κ1) is 80.5. The topological polar surface area (TPSA) is 19.7 Å². The number of benzene rings is 16. The molecule has 0 saturated carbocycles. The Morgan fingerprint density at radius 3 is 0.844 bits per heavy atom. The molecular formula is C124H124N4. The van der Waals surface area contributed by atoms with E-state index in [2.05, 4.69) is 461 Å². The molecular weight excluding hydrogens is 1550 g/mol. The fourth-order valence-electron chi connectivity index (χ4n) is 19.4. The summed E-state index contributed by atoms with van der Waals surface area (Å²) in [5, 5.41) is 9.84. The van der Waals surface area contributed by atoms with Gasteiger partial charge in [-0.25, -0.2) is 0 Å². The molecule has 640 valence electrons. The van der Waals surface area contributed by atoms with Crippen molar-refractivity contribution >= 4 is 87.2 Å². The minimum Gasteiger partial charge on any atom is -0.309 e. The quantitative estimate of drug-likeness (QED) is 0.144. The molecule has 0 radical (unpaired) electrons. The maximum Gasteiger partial charge on any atom is 0.0629 e. The highest BCUT2D eigenvalue weighted by Crippen LogP contribution is 2.49. The molecule has 0 bridgehead atoms. The van der Waals surface area contributed by atoms with E-state index < -0.39 is 0 Å². The Hall–Kier alpha value is -13.3. The van der Waals surface area contributed by atoms with Crippen molar-refractivity contribution in [1.29, 1.82) is 0 Å². The van der Waals surface area contributed by atoms with Gasteiger partial charge >= 0.3 is 0 Å². The van der Waals surface area contributed by atoms with Gasteiger partial charge in [0, 0.05) is 71.2 Å². The van der Waals surface area contributed by atoms with Gasteiger partial charge in [0.25, 0.3) is 0 Å². The second kappa shape index (κ2) is 33.8. The maximum atomic E-state index is 8.62. The molecule has 16 aromatic carbocycles. The van der Waals surface area contributed by atoms with Crippen molar-refractivity contribution in [2.75, 3.05) is 0 Å². The van der Waals surface area contributed by atoms with Crippen molar-refractivity contribution in [1.82, 2.24) is 18.3 Å². The summed E-state index contributed by atoms with van der Waals surface area (Å²) in [6.07, 6.45) is 0. The molecule has 0 aliphatic carbocycles. The van der Waals surface area contributed by atoms with E-state index in [0.717, 1.165) is 33.1 Å². The van der Waals surface area contributed by atoms with Gasteiger partial charge in [-0.2, -0.15) is 0 Å². The highest BCUT2D eigenvalue weighted by Gasteiger charge is 2.33. The molecule has 4 nitrogen and oxygen atoms in total. The van der Waals surface area contributed by atoms with Gasteiger partial charge < -0.3 is 18.3 Å². The van der Waals surface area contributed by atoms with Crippen molar-refractivity contribution < 1.29 is 6.85 Å². The average molecular weight is 1680 g/mol. The van der Waals surface area contributed by atoms with E-state index >= 15 is 0 Å². The molecule has 0 atom stereocenters. The van der Waals surface area contributed by atoms with Crippen LogP contribution in [0.1, 0.15) is 191 Å². The molecule has 0 aliphatic heterocycles. The SMILES string of the molecule is CC(C)(C)c1c(-c2ccccc2)cccc1-n1c2ccccc2c2cccc(-c3ccccc3)c21.CC(C)(C)c1ccc2c3ccc(C(C)(C)C)cc3n(-c3cccc(C(C)(C)C)c3C(C)(C)C)c2c1.CC(C)(C)c1ccccc1-n1c2ccccc2c2cccc(-c3ccccc3)c21.[2H]c1c([2H])c([2H])c(-c2cccc3c4ccccc4n(-c4ccccc4C(C)(C)C)c23)c([2H])c1[2H]. The highest BCUT2D eigenvalue weighted by molar-refractivity contribution is 6.17. The molecule has 0 aliphatic rings. The number of nitrogens with zero attached hydrogens (tertiary/aromatic N) is 4. The summed E-state index contributed by atoms with van der Waals surface area (Å²) in [7, 11) is 0. The summed E-state index contributed by atoms with van der Waals surface area (Å²) < 4.78 is 51.4. The van der Waals surface area contributed by atoms with Crippen LogP contribution in [0.5, 0.6) is 0 Å². The molecule has 128 heavy (non-hydrogen) atoms. The zero-order valence-electron chi connectivity index (χ0n) is 83.6. The van der Waals surface area contributed by atoms with Crippen molar-refractivity contribution in [2.45, 2.75) is 183 Å². The molecule has 20 rings (SSSR count). The Morgan fingerprint density at radius 2 is 0.469 bits per heavy atom. The molecule has 4 heterocycles. The van der Waals surface area contributed by atoms with E-state index in [1.54, 1.807) is 0 Å². The van der Waals surface area contributed by atoms with Crippen LogP contribution in [0.3, 0.4) is 0 Å². The van der Waals surface area contributed by atoms with Crippen LogP contribution in [0.25, 0.3) is 154 Å². The normalized spacial score (nSPS) is 13.0. The lowest BCUT2D eigenvalue weighted by Crippen LogP contribution is -2.24. The van der Waals surface area contributed by atoms with Crippen LogP contribution in [0.15, 0.2) is 370 Å². The number of hydrogen-bond acceptors (Lipinski definition) is 0. The molecule has 4 heteroatoms.